The van der Waals surface area contributed by atoms with Crippen molar-refractivity contribution in [3.63, 3.8) is 0 Å². The maximum absolute atomic E-state index is 13.4. The van der Waals surface area contributed by atoms with E-state index >= 15 is 0 Å². The van der Waals surface area contributed by atoms with Crippen molar-refractivity contribution in [2.45, 2.75) is 6.92 Å². The number of aromatic carboxylic acids is 1. The molecule has 0 saturated carbocycles. The van der Waals surface area contributed by atoms with Crippen LogP contribution in [0, 0.1) is 12.7 Å². The fraction of sp³-hybridized carbons (Fsp3) is 0.0667. The lowest BCUT2D eigenvalue weighted by molar-refractivity contribution is 0.0695. The Labute approximate surface area is 128 Å². The number of carboxylic acid groups (broad SMARTS) is 1. The number of hydrogen-bond acceptors (Lipinski definition) is 2. The molecule has 0 aliphatic carbocycles. The summed E-state index contributed by atoms with van der Waals surface area (Å²) in [4.78, 5) is 23.1. The predicted molar refractivity (Wildman–Crippen MR) is 80.2 cm³/mol. The van der Waals surface area contributed by atoms with Crippen LogP contribution in [0.1, 0.15) is 26.3 Å². The second-order valence-electron chi connectivity index (χ2n) is 4.37. The third-order valence-electron chi connectivity index (χ3n) is 2.99. The Hall–Kier alpha value is -2.21. The van der Waals surface area contributed by atoms with Crippen molar-refractivity contribution in [1.82, 2.24) is 0 Å². The zero-order chi connectivity index (χ0) is 15.6. The van der Waals surface area contributed by atoms with Gasteiger partial charge in [-0.3, -0.25) is 4.79 Å². The lowest BCUT2D eigenvalue weighted by Crippen LogP contribution is -2.14. The SMILES string of the molecule is Cc1c(NC(=O)c2ccc(Br)c(F)c2)cccc1C(=O)O. The molecule has 108 valence electrons. The van der Waals surface area contributed by atoms with E-state index < -0.39 is 17.7 Å². The predicted octanol–water partition coefficient (Wildman–Crippen LogP) is 3.85. The molecule has 0 atom stereocenters. The summed E-state index contributed by atoms with van der Waals surface area (Å²) in [5, 5.41) is 11.6. The maximum atomic E-state index is 13.4. The first kappa shape index (κ1) is 15.2. The summed E-state index contributed by atoms with van der Waals surface area (Å²) in [6.45, 7) is 1.60. The first-order chi connectivity index (χ1) is 9.90. The van der Waals surface area contributed by atoms with E-state index in [-0.39, 0.29) is 15.6 Å². The molecule has 0 aromatic heterocycles. The highest BCUT2D eigenvalue weighted by molar-refractivity contribution is 9.10. The molecule has 0 heterocycles. The standard InChI is InChI=1S/C15H11BrFNO3/c1-8-10(15(20)21)3-2-4-13(8)18-14(19)9-5-6-11(16)12(17)7-9/h2-7H,1H3,(H,18,19)(H,20,21). The Bertz CT molecular complexity index is 731. The number of carbonyl (C=O) groups is 2. The van der Waals surface area contributed by atoms with Crippen molar-refractivity contribution < 1.29 is 19.1 Å². The molecule has 0 radical (unpaired) electrons. The van der Waals surface area contributed by atoms with Gasteiger partial charge in [0, 0.05) is 11.3 Å². The van der Waals surface area contributed by atoms with Crippen LogP contribution < -0.4 is 5.32 Å². The largest absolute Gasteiger partial charge is 0.478 e. The van der Waals surface area contributed by atoms with Crippen molar-refractivity contribution in [3.05, 3.63) is 63.4 Å². The zero-order valence-electron chi connectivity index (χ0n) is 11.0. The van der Waals surface area contributed by atoms with E-state index in [9.17, 15) is 14.0 Å². The Morgan fingerprint density at radius 1 is 1.24 bits per heavy atom. The number of amides is 1. The van der Waals surface area contributed by atoms with Crippen LogP contribution in [0.25, 0.3) is 0 Å². The van der Waals surface area contributed by atoms with Crippen LogP contribution in [0.5, 0.6) is 0 Å². The molecule has 0 aliphatic rings. The van der Waals surface area contributed by atoms with Gasteiger partial charge in [-0.25, -0.2) is 9.18 Å². The normalized spacial score (nSPS) is 10.2. The molecule has 2 aromatic carbocycles. The molecule has 4 nitrogen and oxygen atoms in total. The number of halogens is 2. The molecule has 2 N–H and O–H groups in total. The van der Waals surface area contributed by atoms with Gasteiger partial charge >= 0.3 is 5.97 Å². The molecule has 0 fully saturated rings. The molecule has 6 heteroatoms. The number of anilines is 1. The molecule has 0 bridgehead atoms. The summed E-state index contributed by atoms with van der Waals surface area (Å²) >= 11 is 3.01. The summed E-state index contributed by atoms with van der Waals surface area (Å²) in [6.07, 6.45) is 0. The quantitative estimate of drug-likeness (QED) is 0.882. The number of carbonyl (C=O) groups excluding carboxylic acids is 1. The Morgan fingerprint density at radius 2 is 1.95 bits per heavy atom. The molecule has 0 aliphatic heterocycles. The van der Waals surface area contributed by atoms with Gasteiger partial charge in [-0.15, -0.1) is 0 Å². The van der Waals surface area contributed by atoms with Gasteiger partial charge in [0.1, 0.15) is 5.82 Å². The van der Waals surface area contributed by atoms with E-state index in [4.69, 9.17) is 5.11 Å². The highest BCUT2D eigenvalue weighted by Crippen LogP contribution is 2.21. The Kier molecular flexibility index (Phi) is 4.37. The Balaban J connectivity index is 2.29. The third kappa shape index (κ3) is 3.28. The van der Waals surface area contributed by atoms with E-state index in [0.717, 1.165) is 6.07 Å². The topological polar surface area (TPSA) is 66.4 Å². The minimum absolute atomic E-state index is 0.106. The molecule has 1 amide bonds. The minimum atomic E-state index is -1.07. The van der Waals surface area contributed by atoms with Crippen molar-refractivity contribution in [3.8, 4) is 0 Å². The average molecular weight is 352 g/mol. The second-order valence-corrected chi connectivity index (χ2v) is 5.22. The highest BCUT2D eigenvalue weighted by Gasteiger charge is 2.14. The van der Waals surface area contributed by atoms with Crippen LogP contribution in [0.4, 0.5) is 10.1 Å². The minimum Gasteiger partial charge on any atom is -0.478 e. The van der Waals surface area contributed by atoms with Gasteiger partial charge in [0.2, 0.25) is 0 Å². The number of rotatable bonds is 3. The number of hydrogen-bond donors (Lipinski definition) is 2. The van der Waals surface area contributed by atoms with E-state index in [1.54, 1.807) is 13.0 Å². The van der Waals surface area contributed by atoms with Gasteiger partial charge in [-0.2, -0.15) is 0 Å². The average Bonchev–Trinajstić information content (AvgIpc) is 2.43. The molecule has 2 aromatic rings. The maximum Gasteiger partial charge on any atom is 0.336 e. The lowest BCUT2D eigenvalue weighted by atomic mass is 10.1. The van der Waals surface area contributed by atoms with Crippen LogP contribution >= 0.6 is 15.9 Å². The molecule has 0 saturated heterocycles. The van der Waals surface area contributed by atoms with Crippen LogP contribution in [0.2, 0.25) is 0 Å². The monoisotopic (exact) mass is 351 g/mol. The Morgan fingerprint density at radius 3 is 2.57 bits per heavy atom. The molecule has 0 spiro atoms. The lowest BCUT2D eigenvalue weighted by Gasteiger charge is -2.10. The van der Waals surface area contributed by atoms with E-state index in [2.05, 4.69) is 21.2 Å². The summed E-state index contributed by atoms with van der Waals surface area (Å²) in [7, 11) is 0. The summed E-state index contributed by atoms with van der Waals surface area (Å²) < 4.78 is 13.7. The van der Waals surface area contributed by atoms with Gasteiger partial charge in [0.15, 0.2) is 0 Å². The molecular formula is C15H11BrFNO3. The molecule has 21 heavy (non-hydrogen) atoms. The van der Waals surface area contributed by atoms with Crippen molar-refractivity contribution >= 4 is 33.5 Å². The van der Waals surface area contributed by atoms with Crippen molar-refractivity contribution in [2.24, 2.45) is 0 Å². The molecule has 0 unspecified atom stereocenters. The zero-order valence-corrected chi connectivity index (χ0v) is 12.6. The van der Waals surface area contributed by atoms with Crippen LogP contribution in [0.3, 0.4) is 0 Å². The van der Waals surface area contributed by atoms with Crippen molar-refractivity contribution in [1.29, 1.82) is 0 Å². The number of benzene rings is 2. The summed E-state index contributed by atoms with van der Waals surface area (Å²) in [6, 6.07) is 8.59. The fourth-order valence-corrected chi connectivity index (χ4v) is 2.08. The van der Waals surface area contributed by atoms with E-state index in [0.29, 0.717) is 11.3 Å². The second kappa shape index (κ2) is 6.05. The first-order valence-electron chi connectivity index (χ1n) is 5.99. The van der Waals surface area contributed by atoms with Gasteiger partial charge < -0.3 is 10.4 Å². The fourth-order valence-electron chi connectivity index (χ4n) is 1.83. The van der Waals surface area contributed by atoms with Crippen LogP contribution in [0.15, 0.2) is 40.9 Å². The highest BCUT2D eigenvalue weighted by atomic mass is 79.9. The number of nitrogens with one attached hydrogen (secondary N) is 1. The summed E-state index contributed by atoms with van der Waals surface area (Å²) in [5.41, 5.74) is 1.07. The van der Waals surface area contributed by atoms with Crippen LogP contribution in [-0.2, 0) is 0 Å². The van der Waals surface area contributed by atoms with Gasteiger partial charge in [-0.05, 0) is 58.7 Å². The van der Waals surface area contributed by atoms with Crippen LogP contribution in [-0.4, -0.2) is 17.0 Å². The van der Waals surface area contributed by atoms with Crippen molar-refractivity contribution in [2.75, 3.05) is 5.32 Å². The summed E-state index contributed by atoms with van der Waals surface area (Å²) in [5.74, 6) is -2.12. The first-order valence-corrected chi connectivity index (χ1v) is 6.78. The third-order valence-corrected chi connectivity index (χ3v) is 3.64. The van der Waals surface area contributed by atoms with E-state index in [1.165, 1.54) is 24.3 Å². The van der Waals surface area contributed by atoms with Gasteiger partial charge in [-0.1, -0.05) is 6.07 Å². The van der Waals surface area contributed by atoms with E-state index in [1.807, 2.05) is 0 Å². The van der Waals surface area contributed by atoms with Gasteiger partial charge in [0.25, 0.3) is 5.91 Å². The molecular weight excluding hydrogens is 341 g/mol. The molecule has 2 rings (SSSR count). The van der Waals surface area contributed by atoms with Gasteiger partial charge in [0.05, 0.1) is 10.0 Å². The smallest absolute Gasteiger partial charge is 0.336 e. The number of carboxylic acids is 1.